The quantitative estimate of drug-likeness (QED) is 0.378. The van der Waals surface area contributed by atoms with Gasteiger partial charge in [0.25, 0.3) is 0 Å². The lowest BCUT2D eigenvalue weighted by Crippen LogP contribution is -2.05. The minimum atomic E-state index is -0.609. The van der Waals surface area contributed by atoms with Crippen LogP contribution < -0.4 is 4.74 Å². The third-order valence-corrected chi connectivity index (χ3v) is 5.87. The molecule has 0 spiro atoms. The predicted molar refractivity (Wildman–Crippen MR) is 119 cm³/mol. The number of hydrogen-bond donors (Lipinski definition) is 0. The van der Waals surface area contributed by atoms with Gasteiger partial charge in [-0.3, -0.25) is 0 Å². The lowest BCUT2D eigenvalue weighted by atomic mass is 10.1. The molecule has 4 aromatic heterocycles. The van der Waals surface area contributed by atoms with Gasteiger partial charge in [-0.1, -0.05) is 35.6 Å². The van der Waals surface area contributed by atoms with Gasteiger partial charge in [0.1, 0.15) is 27.9 Å². The van der Waals surface area contributed by atoms with Crippen LogP contribution in [-0.2, 0) is 13.2 Å². The van der Waals surface area contributed by atoms with E-state index in [4.69, 9.17) is 4.74 Å². The zero-order valence-electron chi connectivity index (χ0n) is 16.9. The van der Waals surface area contributed by atoms with E-state index < -0.39 is 5.92 Å². The second-order valence-electron chi connectivity index (χ2n) is 7.05. The van der Waals surface area contributed by atoms with E-state index in [1.54, 1.807) is 31.0 Å². The molecule has 0 radical (unpaired) electrons. The Balaban J connectivity index is 1.28. The van der Waals surface area contributed by atoms with Gasteiger partial charge in [0.15, 0.2) is 0 Å². The van der Waals surface area contributed by atoms with Crippen molar-refractivity contribution >= 4 is 21.7 Å². The van der Waals surface area contributed by atoms with Crippen molar-refractivity contribution in [2.45, 2.75) is 19.1 Å². The molecule has 0 aliphatic carbocycles. The van der Waals surface area contributed by atoms with Crippen molar-refractivity contribution in [3.63, 3.8) is 0 Å². The molecule has 32 heavy (non-hydrogen) atoms. The highest BCUT2D eigenvalue weighted by Gasteiger charge is 2.21. The summed E-state index contributed by atoms with van der Waals surface area (Å²) in [7, 11) is 0. The molecule has 0 aliphatic heterocycles. The number of rotatable bonds is 7. The maximum absolute atomic E-state index is 9.76. The fourth-order valence-corrected chi connectivity index (χ4v) is 4.19. The third-order valence-electron chi connectivity index (χ3n) is 4.83. The van der Waals surface area contributed by atoms with Crippen molar-refractivity contribution in [2.24, 2.45) is 0 Å². The Labute approximate surface area is 187 Å². The first-order chi connectivity index (χ1) is 15.8. The van der Waals surface area contributed by atoms with E-state index >= 15 is 0 Å². The molecule has 0 saturated heterocycles. The highest BCUT2D eigenvalue weighted by atomic mass is 32.1. The van der Waals surface area contributed by atoms with E-state index in [2.05, 4.69) is 43.1 Å². The standard InChI is InChI=1S/C23H17N7OS/c24-12-18(21-28-20-2-1-8-26-22(20)32-21)19-7-9-27-23(29-19)31-14-17-5-3-16(4-6-17)13-30-11-10-25-15-30/h1-11,15,18H,13-14H2. The van der Waals surface area contributed by atoms with E-state index in [1.165, 1.54) is 16.9 Å². The first-order valence-electron chi connectivity index (χ1n) is 9.89. The largest absolute Gasteiger partial charge is 0.459 e. The van der Waals surface area contributed by atoms with Crippen LogP contribution in [0.5, 0.6) is 6.01 Å². The first kappa shape index (κ1) is 19.8. The van der Waals surface area contributed by atoms with Gasteiger partial charge in [-0.2, -0.15) is 10.2 Å². The number of nitrogens with zero attached hydrogens (tertiary/aromatic N) is 7. The van der Waals surface area contributed by atoms with Crippen molar-refractivity contribution in [3.8, 4) is 12.1 Å². The van der Waals surface area contributed by atoms with Crippen molar-refractivity contribution in [2.75, 3.05) is 0 Å². The first-order valence-corrected chi connectivity index (χ1v) is 10.7. The second kappa shape index (κ2) is 8.91. The Bertz CT molecular complexity index is 1340. The van der Waals surface area contributed by atoms with Crippen LogP contribution in [0.2, 0.25) is 0 Å². The average molecular weight is 440 g/mol. The fraction of sp³-hybridized carbons (Fsp3) is 0.130. The summed E-state index contributed by atoms with van der Waals surface area (Å²) in [5.41, 5.74) is 3.50. The number of ether oxygens (including phenoxy) is 1. The Morgan fingerprint density at radius 2 is 1.88 bits per heavy atom. The summed E-state index contributed by atoms with van der Waals surface area (Å²) in [5, 5.41) is 10.4. The molecule has 0 saturated carbocycles. The van der Waals surface area contributed by atoms with Gasteiger partial charge in [-0.15, -0.1) is 0 Å². The van der Waals surface area contributed by atoms with Gasteiger partial charge in [0.05, 0.1) is 18.1 Å². The average Bonchev–Trinajstić information content (AvgIpc) is 3.49. The maximum atomic E-state index is 9.76. The Morgan fingerprint density at radius 1 is 1.00 bits per heavy atom. The molecular formula is C23H17N7OS. The van der Waals surface area contributed by atoms with E-state index in [-0.39, 0.29) is 6.01 Å². The lowest BCUT2D eigenvalue weighted by Gasteiger charge is -2.09. The van der Waals surface area contributed by atoms with Crippen LogP contribution in [0.3, 0.4) is 0 Å². The molecule has 1 aromatic carbocycles. The maximum Gasteiger partial charge on any atom is 0.316 e. The Morgan fingerprint density at radius 3 is 2.66 bits per heavy atom. The molecule has 1 unspecified atom stereocenters. The number of imidazole rings is 1. The van der Waals surface area contributed by atoms with E-state index in [0.29, 0.717) is 17.3 Å². The number of benzene rings is 1. The van der Waals surface area contributed by atoms with Gasteiger partial charge in [0.2, 0.25) is 0 Å². The van der Waals surface area contributed by atoms with Gasteiger partial charge >= 0.3 is 6.01 Å². The number of hydrogen-bond acceptors (Lipinski definition) is 8. The van der Waals surface area contributed by atoms with Crippen LogP contribution in [0.1, 0.15) is 27.7 Å². The highest BCUT2D eigenvalue weighted by molar-refractivity contribution is 7.18. The molecule has 156 valence electrons. The number of pyridine rings is 1. The normalized spacial score (nSPS) is 11.8. The van der Waals surface area contributed by atoms with Crippen molar-refractivity contribution < 1.29 is 4.74 Å². The summed E-state index contributed by atoms with van der Waals surface area (Å²) < 4.78 is 7.80. The van der Waals surface area contributed by atoms with E-state index in [1.807, 2.05) is 35.0 Å². The van der Waals surface area contributed by atoms with Crippen LogP contribution in [0, 0.1) is 11.3 Å². The zero-order valence-corrected chi connectivity index (χ0v) is 17.7. The monoisotopic (exact) mass is 439 g/mol. The molecule has 0 N–H and O–H groups in total. The summed E-state index contributed by atoms with van der Waals surface area (Å²) in [6.45, 7) is 1.10. The molecule has 0 aliphatic rings. The second-order valence-corrected chi connectivity index (χ2v) is 8.06. The molecule has 4 heterocycles. The zero-order chi connectivity index (χ0) is 21.8. The van der Waals surface area contributed by atoms with Gasteiger partial charge in [0, 0.05) is 31.3 Å². The number of thiazole rings is 1. The van der Waals surface area contributed by atoms with Crippen molar-refractivity contribution in [1.29, 1.82) is 5.26 Å². The summed E-state index contributed by atoms with van der Waals surface area (Å²) in [4.78, 5) is 22.3. The van der Waals surface area contributed by atoms with Crippen LogP contribution in [-0.4, -0.2) is 29.5 Å². The molecule has 5 rings (SSSR count). The molecular weight excluding hydrogens is 422 g/mol. The highest BCUT2D eigenvalue weighted by Crippen LogP contribution is 2.30. The third kappa shape index (κ3) is 4.31. The Hall–Kier alpha value is -4.16. The summed E-state index contributed by atoms with van der Waals surface area (Å²) in [6, 6.07) is 16.1. The van der Waals surface area contributed by atoms with Crippen LogP contribution in [0.4, 0.5) is 0 Å². The van der Waals surface area contributed by atoms with Crippen LogP contribution in [0.15, 0.2) is 73.6 Å². The summed E-state index contributed by atoms with van der Waals surface area (Å²) in [6.07, 6.45) is 8.80. The number of aromatic nitrogens is 6. The molecule has 1 atom stereocenters. The lowest BCUT2D eigenvalue weighted by molar-refractivity contribution is 0.279. The Kier molecular flexibility index (Phi) is 5.51. The van der Waals surface area contributed by atoms with Crippen molar-refractivity contribution in [1.82, 2.24) is 29.5 Å². The minimum Gasteiger partial charge on any atom is -0.459 e. The SMILES string of the molecule is N#CC(c1ccnc(OCc2ccc(Cn3ccnc3)cc2)n1)c1nc2cccnc2s1. The van der Waals surface area contributed by atoms with E-state index in [9.17, 15) is 5.26 Å². The molecule has 0 fully saturated rings. The van der Waals surface area contributed by atoms with Gasteiger partial charge in [-0.05, 0) is 29.3 Å². The van der Waals surface area contributed by atoms with E-state index in [0.717, 1.165) is 22.5 Å². The van der Waals surface area contributed by atoms with Gasteiger partial charge in [-0.25, -0.2) is 19.9 Å². The predicted octanol–water partition coefficient (Wildman–Crippen LogP) is 3.96. The molecule has 9 heteroatoms. The fourth-order valence-electron chi connectivity index (χ4n) is 3.22. The van der Waals surface area contributed by atoms with Crippen molar-refractivity contribution in [3.05, 3.63) is 95.4 Å². The summed E-state index contributed by atoms with van der Waals surface area (Å²) in [5.74, 6) is -0.609. The summed E-state index contributed by atoms with van der Waals surface area (Å²) >= 11 is 1.39. The molecule has 5 aromatic rings. The molecule has 0 amide bonds. The number of nitriles is 1. The smallest absolute Gasteiger partial charge is 0.316 e. The minimum absolute atomic E-state index is 0.226. The van der Waals surface area contributed by atoms with Crippen LogP contribution >= 0.6 is 11.3 Å². The van der Waals surface area contributed by atoms with Crippen LogP contribution in [0.25, 0.3) is 10.3 Å². The molecule has 0 bridgehead atoms. The molecule has 8 nitrogen and oxygen atoms in total. The number of fused-ring (bicyclic) bond motifs is 1. The topological polar surface area (TPSA) is 102 Å². The van der Waals surface area contributed by atoms with Gasteiger partial charge < -0.3 is 9.30 Å².